The van der Waals surface area contributed by atoms with Crippen LogP contribution in [-0.2, 0) is 13.5 Å². The summed E-state index contributed by atoms with van der Waals surface area (Å²) in [7, 11) is 1.98. The lowest BCUT2D eigenvalue weighted by atomic mass is 9.97. The Bertz CT molecular complexity index is 1500. The van der Waals surface area contributed by atoms with Crippen LogP contribution >= 0.6 is 0 Å². The second kappa shape index (κ2) is 8.48. The predicted octanol–water partition coefficient (Wildman–Crippen LogP) is 4.12. The van der Waals surface area contributed by atoms with E-state index < -0.39 is 0 Å². The Hall–Kier alpha value is -3.65. The number of hydrogen-bond acceptors (Lipinski definition) is 6. The highest BCUT2D eigenvalue weighted by molar-refractivity contribution is 6.13. The number of hydrogen-bond donors (Lipinski definition) is 1. The van der Waals surface area contributed by atoms with Gasteiger partial charge < -0.3 is 4.90 Å². The molecule has 8 heteroatoms. The lowest BCUT2D eigenvalue weighted by Gasteiger charge is -2.28. The summed E-state index contributed by atoms with van der Waals surface area (Å²) in [6, 6.07) is 12.9. The van der Waals surface area contributed by atoms with Gasteiger partial charge in [-0.1, -0.05) is 37.3 Å². The average molecular weight is 479 g/mol. The lowest BCUT2D eigenvalue weighted by Crippen LogP contribution is -2.41. The number of likely N-dealkylation sites (N-methyl/N-ethyl adjacent to an activating group) is 1. The number of aromatic nitrogens is 5. The van der Waals surface area contributed by atoms with Gasteiger partial charge in [0.1, 0.15) is 11.9 Å². The minimum atomic E-state index is 0.218. The molecule has 182 valence electrons. The lowest BCUT2D eigenvalue weighted by molar-refractivity contribution is 0.277. The standard InChI is InChI=1S/C28H30N8/c1-3-36-13-12-23-24(16-36)31-27(30-23)18-6-8-19(9-7-18)28-32-25(35(2)34-28)14-20-10-11-22-21(15-29-33-22)26(20)17-4-5-17/h6-11,15,17,24H,3-5,12-14,16H2,1-2H3,(H,29,33). The van der Waals surface area contributed by atoms with Crippen LogP contribution in [0.1, 0.15) is 54.6 Å². The Kier molecular flexibility index (Phi) is 5.09. The molecule has 36 heavy (non-hydrogen) atoms. The second-order valence-electron chi connectivity index (χ2n) is 10.2. The molecular weight excluding hydrogens is 448 g/mol. The topological polar surface area (TPSA) is 87.4 Å². The van der Waals surface area contributed by atoms with Gasteiger partial charge in [0.25, 0.3) is 0 Å². The Labute approximate surface area is 210 Å². The minimum absolute atomic E-state index is 0.218. The highest BCUT2D eigenvalue weighted by Crippen LogP contribution is 2.45. The Balaban J connectivity index is 1.13. The molecule has 2 aliphatic heterocycles. The van der Waals surface area contributed by atoms with Crippen molar-refractivity contribution in [2.24, 2.45) is 17.0 Å². The number of nitrogens with zero attached hydrogens (tertiary/aromatic N) is 7. The van der Waals surface area contributed by atoms with Crippen molar-refractivity contribution >= 4 is 22.5 Å². The molecule has 1 unspecified atom stereocenters. The Morgan fingerprint density at radius 3 is 2.69 bits per heavy atom. The van der Waals surface area contributed by atoms with Crippen molar-refractivity contribution in [2.45, 2.75) is 44.6 Å². The molecule has 8 nitrogen and oxygen atoms in total. The third-order valence-electron chi connectivity index (χ3n) is 7.82. The van der Waals surface area contributed by atoms with Crippen LogP contribution < -0.4 is 0 Å². The highest BCUT2D eigenvalue weighted by Gasteiger charge is 2.30. The first-order valence-corrected chi connectivity index (χ1v) is 13.0. The maximum absolute atomic E-state index is 4.93. The van der Waals surface area contributed by atoms with Crippen LogP contribution in [0.15, 0.2) is 52.6 Å². The molecule has 1 N–H and O–H groups in total. The second-order valence-corrected chi connectivity index (χ2v) is 10.2. The smallest absolute Gasteiger partial charge is 0.181 e. The summed E-state index contributed by atoms with van der Waals surface area (Å²) in [5.41, 5.74) is 7.16. The molecule has 3 aliphatic rings. The number of aryl methyl sites for hydroxylation is 1. The van der Waals surface area contributed by atoms with Crippen molar-refractivity contribution in [3.63, 3.8) is 0 Å². The minimum Gasteiger partial charge on any atom is -0.301 e. The molecule has 0 radical (unpaired) electrons. The van der Waals surface area contributed by atoms with E-state index in [9.17, 15) is 0 Å². The zero-order valence-electron chi connectivity index (χ0n) is 20.8. The summed E-state index contributed by atoms with van der Waals surface area (Å²) in [5, 5.41) is 13.4. The van der Waals surface area contributed by atoms with Crippen molar-refractivity contribution in [2.75, 3.05) is 19.6 Å². The summed E-state index contributed by atoms with van der Waals surface area (Å²) < 4.78 is 1.91. The van der Waals surface area contributed by atoms with E-state index in [-0.39, 0.29) is 6.04 Å². The van der Waals surface area contributed by atoms with Crippen LogP contribution in [0.3, 0.4) is 0 Å². The van der Waals surface area contributed by atoms with Crippen LogP contribution in [0.2, 0.25) is 0 Å². The summed E-state index contributed by atoms with van der Waals surface area (Å²) in [4.78, 5) is 17.2. The van der Waals surface area contributed by atoms with Gasteiger partial charge >= 0.3 is 0 Å². The zero-order valence-corrected chi connectivity index (χ0v) is 20.8. The number of likely N-dealkylation sites (tertiary alicyclic amines) is 1. The van der Waals surface area contributed by atoms with Gasteiger partial charge in [0.2, 0.25) is 0 Å². The molecule has 2 aromatic heterocycles. The maximum Gasteiger partial charge on any atom is 0.181 e. The van der Waals surface area contributed by atoms with Gasteiger partial charge in [0.15, 0.2) is 11.7 Å². The fourth-order valence-corrected chi connectivity index (χ4v) is 5.59. The predicted molar refractivity (Wildman–Crippen MR) is 142 cm³/mol. The van der Waals surface area contributed by atoms with Gasteiger partial charge in [0, 0.05) is 55.2 Å². The van der Waals surface area contributed by atoms with Gasteiger partial charge in [-0.2, -0.15) is 10.2 Å². The van der Waals surface area contributed by atoms with Crippen LogP contribution in [0.4, 0.5) is 0 Å². The van der Waals surface area contributed by atoms with E-state index in [0.717, 1.165) is 66.6 Å². The van der Waals surface area contributed by atoms with Crippen LogP contribution in [0.5, 0.6) is 0 Å². The zero-order chi connectivity index (χ0) is 24.2. The molecule has 7 rings (SSSR count). The number of amidine groups is 1. The molecule has 0 amide bonds. The van der Waals surface area contributed by atoms with Gasteiger partial charge in [0.05, 0.1) is 11.7 Å². The number of piperidine rings is 1. The van der Waals surface area contributed by atoms with E-state index in [0.29, 0.717) is 5.92 Å². The van der Waals surface area contributed by atoms with E-state index in [2.05, 4.69) is 58.4 Å². The third kappa shape index (κ3) is 3.76. The molecule has 2 aromatic carbocycles. The van der Waals surface area contributed by atoms with E-state index in [4.69, 9.17) is 20.1 Å². The first kappa shape index (κ1) is 21.6. The fourth-order valence-electron chi connectivity index (χ4n) is 5.59. The summed E-state index contributed by atoms with van der Waals surface area (Å²) >= 11 is 0. The highest BCUT2D eigenvalue weighted by atomic mass is 15.3. The summed E-state index contributed by atoms with van der Waals surface area (Å²) in [6.07, 6.45) is 6.24. The van der Waals surface area contributed by atoms with E-state index in [1.807, 2.05) is 17.9 Å². The van der Waals surface area contributed by atoms with Crippen LogP contribution in [0, 0.1) is 0 Å². The quantitative estimate of drug-likeness (QED) is 0.452. The molecule has 1 aliphatic carbocycles. The number of aliphatic imine (C=N–C) groups is 2. The molecule has 4 heterocycles. The largest absolute Gasteiger partial charge is 0.301 e. The molecule has 2 fully saturated rings. The molecule has 0 bridgehead atoms. The average Bonchev–Trinajstić information content (AvgIpc) is 3.30. The van der Waals surface area contributed by atoms with Crippen molar-refractivity contribution < 1.29 is 0 Å². The SMILES string of the molecule is CCN1CCC2=NC(c3ccc(-c4nc(Cc5ccc6[nH]ncc6c5C5CC5)n(C)n4)cc3)=NC2C1. The maximum atomic E-state index is 4.93. The van der Waals surface area contributed by atoms with Gasteiger partial charge in [-0.15, -0.1) is 0 Å². The number of rotatable bonds is 6. The van der Waals surface area contributed by atoms with Crippen LogP contribution in [0.25, 0.3) is 22.3 Å². The fraction of sp³-hybridized carbons (Fsp3) is 0.393. The van der Waals surface area contributed by atoms with Crippen molar-refractivity contribution in [1.82, 2.24) is 29.9 Å². The van der Waals surface area contributed by atoms with E-state index >= 15 is 0 Å². The molecule has 4 aromatic rings. The first-order valence-electron chi connectivity index (χ1n) is 13.0. The van der Waals surface area contributed by atoms with Gasteiger partial charge in [-0.25, -0.2) is 9.98 Å². The van der Waals surface area contributed by atoms with Crippen molar-refractivity contribution in [3.8, 4) is 11.4 Å². The van der Waals surface area contributed by atoms with E-state index in [1.54, 1.807) is 0 Å². The number of H-pyrrole nitrogens is 1. The third-order valence-corrected chi connectivity index (χ3v) is 7.82. The summed E-state index contributed by atoms with van der Waals surface area (Å²) in [6.45, 7) is 5.34. The number of fused-ring (bicyclic) bond motifs is 2. The van der Waals surface area contributed by atoms with E-state index in [1.165, 1.54) is 35.1 Å². The number of benzene rings is 2. The number of nitrogens with one attached hydrogen (secondary N) is 1. The Morgan fingerprint density at radius 1 is 1.06 bits per heavy atom. The molecule has 1 saturated heterocycles. The normalized spacial score (nSPS) is 20.0. The molecular formula is C28H30N8. The van der Waals surface area contributed by atoms with Crippen molar-refractivity contribution in [3.05, 3.63) is 65.1 Å². The molecule has 1 atom stereocenters. The summed E-state index contributed by atoms with van der Waals surface area (Å²) in [5.74, 6) is 3.21. The monoisotopic (exact) mass is 478 g/mol. The first-order chi connectivity index (χ1) is 17.7. The number of aromatic amines is 1. The van der Waals surface area contributed by atoms with Crippen molar-refractivity contribution in [1.29, 1.82) is 0 Å². The Morgan fingerprint density at radius 2 is 1.89 bits per heavy atom. The van der Waals surface area contributed by atoms with Crippen LogP contribution in [-0.4, -0.2) is 67.1 Å². The van der Waals surface area contributed by atoms with Gasteiger partial charge in [-0.05, 0) is 42.5 Å². The van der Waals surface area contributed by atoms with Gasteiger partial charge in [-0.3, -0.25) is 14.8 Å². The molecule has 0 spiro atoms. The molecule has 1 saturated carbocycles.